The zero-order valence-corrected chi connectivity index (χ0v) is 11.1. The van der Waals surface area contributed by atoms with E-state index in [1.807, 2.05) is 35.4 Å². The van der Waals surface area contributed by atoms with Gasteiger partial charge in [-0.2, -0.15) is 0 Å². The minimum absolute atomic E-state index is 0.144. The third kappa shape index (κ3) is 3.01. The van der Waals surface area contributed by atoms with Crippen LogP contribution in [0.15, 0.2) is 29.2 Å². The molecule has 92 valence electrons. The Morgan fingerprint density at radius 3 is 2.71 bits per heavy atom. The lowest BCUT2D eigenvalue weighted by molar-refractivity contribution is 0.0709. The van der Waals surface area contributed by atoms with Crippen LogP contribution in [0.1, 0.15) is 17.3 Å². The van der Waals surface area contributed by atoms with Gasteiger partial charge < -0.3 is 10.2 Å². The van der Waals surface area contributed by atoms with Crippen LogP contribution in [0.5, 0.6) is 0 Å². The number of hydrogen-bond acceptors (Lipinski definition) is 3. The van der Waals surface area contributed by atoms with Crippen molar-refractivity contribution >= 4 is 17.7 Å². The second-order valence-corrected chi connectivity index (χ2v) is 5.21. The summed E-state index contributed by atoms with van der Waals surface area (Å²) < 4.78 is 0. The third-order valence-electron chi connectivity index (χ3n) is 2.99. The number of benzene rings is 1. The average Bonchev–Trinajstić information content (AvgIpc) is 2.38. The van der Waals surface area contributed by atoms with Crippen LogP contribution in [0.3, 0.4) is 0 Å². The first-order chi connectivity index (χ1) is 8.20. The van der Waals surface area contributed by atoms with Crippen LogP contribution < -0.4 is 5.32 Å². The molecular formula is C13H18N2OS. The van der Waals surface area contributed by atoms with Crippen molar-refractivity contribution in [2.45, 2.75) is 17.9 Å². The Balaban J connectivity index is 2.07. The molecule has 0 spiro atoms. The highest BCUT2D eigenvalue weighted by Gasteiger charge is 2.21. The lowest BCUT2D eigenvalue weighted by Crippen LogP contribution is -2.51. The molecule has 1 aliphatic heterocycles. The average molecular weight is 250 g/mol. The molecular weight excluding hydrogens is 232 g/mol. The molecule has 2 rings (SSSR count). The van der Waals surface area contributed by atoms with E-state index in [-0.39, 0.29) is 5.91 Å². The molecule has 17 heavy (non-hydrogen) atoms. The van der Waals surface area contributed by atoms with Crippen molar-refractivity contribution < 1.29 is 4.79 Å². The van der Waals surface area contributed by atoms with Gasteiger partial charge in [0.15, 0.2) is 0 Å². The number of nitrogens with zero attached hydrogens (tertiary/aromatic N) is 1. The smallest absolute Gasteiger partial charge is 0.253 e. The number of carbonyl (C=O) groups is 1. The van der Waals surface area contributed by atoms with E-state index in [0.29, 0.717) is 6.04 Å². The van der Waals surface area contributed by atoms with Gasteiger partial charge in [-0.05, 0) is 37.4 Å². The van der Waals surface area contributed by atoms with Crippen molar-refractivity contribution in [3.8, 4) is 0 Å². The van der Waals surface area contributed by atoms with E-state index in [2.05, 4.69) is 12.2 Å². The molecule has 4 heteroatoms. The number of amides is 1. The summed E-state index contributed by atoms with van der Waals surface area (Å²) in [7, 11) is 0. The van der Waals surface area contributed by atoms with Crippen molar-refractivity contribution in [2.75, 3.05) is 25.9 Å². The maximum Gasteiger partial charge on any atom is 0.253 e. The molecule has 0 saturated carbocycles. The van der Waals surface area contributed by atoms with Crippen molar-refractivity contribution in [1.82, 2.24) is 10.2 Å². The lowest BCUT2D eigenvalue weighted by atomic mass is 10.1. The molecule has 1 saturated heterocycles. The summed E-state index contributed by atoms with van der Waals surface area (Å²) in [6, 6.07) is 8.23. The molecule has 1 atom stereocenters. The van der Waals surface area contributed by atoms with E-state index < -0.39 is 0 Å². The van der Waals surface area contributed by atoms with Gasteiger partial charge in [-0.25, -0.2) is 0 Å². The van der Waals surface area contributed by atoms with Crippen molar-refractivity contribution in [1.29, 1.82) is 0 Å². The summed E-state index contributed by atoms with van der Waals surface area (Å²) in [5.74, 6) is 0.144. The fourth-order valence-electron chi connectivity index (χ4n) is 2.03. The van der Waals surface area contributed by atoms with Crippen molar-refractivity contribution in [2.24, 2.45) is 0 Å². The third-order valence-corrected chi connectivity index (χ3v) is 3.74. The first-order valence-electron chi connectivity index (χ1n) is 5.87. The van der Waals surface area contributed by atoms with Gasteiger partial charge in [0, 0.05) is 36.1 Å². The second kappa shape index (κ2) is 5.56. The number of thioether (sulfide) groups is 1. The van der Waals surface area contributed by atoms with Crippen LogP contribution in [0.2, 0.25) is 0 Å². The van der Waals surface area contributed by atoms with E-state index in [4.69, 9.17) is 0 Å². The van der Waals surface area contributed by atoms with Gasteiger partial charge in [-0.1, -0.05) is 0 Å². The van der Waals surface area contributed by atoms with Gasteiger partial charge in [0.05, 0.1) is 0 Å². The minimum Gasteiger partial charge on any atom is -0.336 e. The quantitative estimate of drug-likeness (QED) is 0.813. The summed E-state index contributed by atoms with van der Waals surface area (Å²) in [6.07, 6.45) is 2.04. The van der Waals surface area contributed by atoms with Gasteiger partial charge in [-0.15, -0.1) is 11.8 Å². The molecule has 1 aromatic rings. The Kier molecular flexibility index (Phi) is 4.07. The predicted octanol–water partition coefficient (Wildman–Crippen LogP) is 1.84. The lowest BCUT2D eigenvalue weighted by Gasteiger charge is -2.32. The number of hydrogen-bond donors (Lipinski definition) is 1. The SMILES string of the molecule is CSc1ccc(C(=O)N2CCNC(C)C2)cc1. The predicted molar refractivity (Wildman–Crippen MR) is 71.6 cm³/mol. The Morgan fingerprint density at radius 2 is 2.12 bits per heavy atom. The number of carbonyl (C=O) groups excluding carboxylic acids is 1. The maximum absolute atomic E-state index is 12.2. The summed E-state index contributed by atoms with van der Waals surface area (Å²) in [6.45, 7) is 4.59. The first kappa shape index (κ1) is 12.5. The molecule has 1 N–H and O–H groups in total. The highest BCUT2D eigenvalue weighted by Crippen LogP contribution is 2.16. The first-order valence-corrected chi connectivity index (χ1v) is 7.10. The summed E-state index contributed by atoms with van der Waals surface area (Å²) >= 11 is 1.69. The largest absolute Gasteiger partial charge is 0.336 e. The minimum atomic E-state index is 0.144. The Morgan fingerprint density at radius 1 is 1.41 bits per heavy atom. The topological polar surface area (TPSA) is 32.3 Å². The van der Waals surface area contributed by atoms with E-state index in [9.17, 15) is 4.79 Å². The van der Waals surface area contributed by atoms with E-state index in [0.717, 1.165) is 25.2 Å². The molecule has 0 bridgehead atoms. The fourth-order valence-corrected chi connectivity index (χ4v) is 2.44. The van der Waals surface area contributed by atoms with Crippen LogP contribution >= 0.6 is 11.8 Å². The van der Waals surface area contributed by atoms with Gasteiger partial charge in [-0.3, -0.25) is 4.79 Å². The Hall–Kier alpha value is -1.00. The van der Waals surface area contributed by atoms with Crippen LogP contribution in [-0.2, 0) is 0 Å². The van der Waals surface area contributed by atoms with Crippen molar-refractivity contribution in [3.05, 3.63) is 29.8 Å². The Labute approximate surface area is 107 Å². The number of rotatable bonds is 2. The van der Waals surface area contributed by atoms with Gasteiger partial charge in [0.2, 0.25) is 0 Å². The highest BCUT2D eigenvalue weighted by atomic mass is 32.2. The van der Waals surface area contributed by atoms with Crippen LogP contribution in [0.25, 0.3) is 0 Å². The molecule has 1 aromatic carbocycles. The van der Waals surface area contributed by atoms with E-state index in [1.165, 1.54) is 4.90 Å². The normalized spacial score (nSPS) is 20.4. The Bertz CT molecular complexity index is 391. The van der Waals surface area contributed by atoms with Gasteiger partial charge in [0.25, 0.3) is 5.91 Å². The monoisotopic (exact) mass is 250 g/mol. The highest BCUT2D eigenvalue weighted by molar-refractivity contribution is 7.98. The standard InChI is InChI=1S/C13H18N2OS/c1-10-9-15(8-7-14-10)13(16)11-3-5-12(17-2)6-4-11/h3-6,10,14H,7-9H2,1-2H3. The molecule has 0 aromatic heterocycles. The maximum atomic E-state index is 12.2. The van der Waals surface area contributed by atoms with Crippen LogP contribution in [-0.4, -0.2) is 42.7 Å². The van der Waals surface area contributed by atoms with Gasteiger partial charge in [0.1, 0.15) is 0 Å². The number of piperazine rings is 1. The summed E-state index contributed by atoms with van der Waals surface area (Å²) in [5.41, 5.74) is 0.789. The fraction of sp³-hybridized carbons (Fsp3) is 0.462. The molecule has 1 aliphatic rings. The van der Waals surface area contributed by atoms with Crippen LogP contribution in [0.4, 0.5) is 0 Å². The molecule has 1 fully saturated rings. The summed E-state index contributed by atoms with van der Waals surface area (Å²) in [4.78, 5) is 15.4. The van der Waals surface area contributed by atoms with Gasteiger partial charge >= 0.3 is 0 Å². The second-order valence-electron chi connectivity index (χ2n) is 4.33. The molecule has 1 unspecified atom stereocenters. The summed E-state index contributed by atoms with van der Waals surface area (Å²) in [5, 5.41) is 3.34. The zero-order valence-electron chi connectivity index (χ0n) is 10.3. The van der Waals surface area contributed by atoms with E-state index >= 15 is 0 Å². The molecule has 1 amide bonds. The molecule has 3 nitrogen and oxygen atoms in total. The van der Waals surface area contributed by atoms with Crippen molar-refractivity contribution in [3.63, 3.8) is 0 Å². The van der Waals surface area contributed by atoms with E-state index in [1.54, 1.807) is 11.8 Å². The number of nitrogens with one attached hydrogen (secondary N) is 1. The molecule has 0 aliphatic carbocycles. The molecule has 1 heterocycles. The van der Waals surface area contributed by atoms with Crippen LogP contribution in [0, 0.1) is 0 Å². The zero-order chi connectivity index (χ0) is 12.3. The molecule has 0 radical (unpaired) electrons.